The molecule has 1 aromatic rings. The minimum atomic E-state index is 0.332. The second kappa shape index (κ2) is 3.97. The molecule has 0 bridgehead atoms. The summed E-state index contributed by atoms with van der Waals surface area (Å²) in [6, 6.07) is 8.01. The van der Waals surface area contributed by atoms with Gasteiger partial charge in [-0.25, -0.2) is 0 Å². The summed E-state index contributed by atoms with van der Waals surface area (Å²) >= 11 is 0. The van der Waals surface area contributed by atoms with Crippen LogP contribution in [0.2, 0.25) is 0 Å². The zero-order valence-corrected chi connectivity index (χ0v) is 9.27. The van der Waals surface area contributed by atoms with E-state index >= 15 is 0 Å². The third-order valence-corrected chi connectivity index (χ3v) is 2.86. The second-order valence-electron chi connectivity index (χ2n) is 4.28. The maximum absolute atomic E-state index is 9.21. The molecular weight excluding hydrogens is 186 g/mol. The molecule has 0 saturated carbocycles. The molecule has 1 heterocycles. The monoisotopic (exact) mass is 203 g/mol. The minimum Gasteiger partial charge on any atom is -0.508 e. The van der Waals surface area contributed by atoms with Crippen LogP contribution in [0.15, 0.2) is 30.5 Å². The van der Waals surface area contributed by atoms with Crippen LogP contribution < -0.4 is 0 Å². The van der Waals surface area contributed by atoms with E-state index in [-0.39, 0.29) is 0 Å². The summed E-state index contributed by atoms with van der Waals surface area (Å²) < 4.78 is 0. The van der Waals surface area contributed by atoms with Gasteiger partial charge in [0.05, 0.1) is 0 Å². The molecule has 0 spiro atoms. The molecule has 0 saturated heterocycles. The first-order chi connectivity index (χ1) is 7.16. The number of hydrogen-bond donors (Lipinski definition) is 1. The molecule has 1 aliphatic heterocycles. The maximum Gasteiger partial charge on any atom is 0.115 e. The predicted molar refractivity (Wildman–Crippen MR) is 62.5 cm³/mol. The highest BCUT2D eigenvalue weighted by Gasteiger charge is 2.15. The lowest BCUT2D eigenvalue weighted by Crippen LogP contribution is -2.22. The summed E-state index contributed by atoms with van der Waals surface area (Å²) in [7, 11) is 0. The molecule has 0 aromatic heterocycles. The molecule has 80 valence electrons. The standard InChI is InChI=1S/C13H17NO/c1-10(2)14-8-7-12(9-14)11-3-5-13(15)6-4-11/h3-6,9-10,15H,7-8H2,1-2H3. The second-order valence-corrected chi connectivity index (χ2v) is 4.28. The molecule has 15 heavy (non-hydrogen) atoms. The average Bonchev–Trinajstić information content (AvgIpc) is 2.68. The topological polar surface area (TPSA) is 23.5 Å². The summed E-state index contributed by atoms with van der Waals surface area (Å²) in [5.74, 6) is 0.332. The number of hydrogen-bond acceptors (Lipinski definition) is 2. The molecular formula is C13H17NO. The molecule has 1 N–H and O–H groups in total. The van der Waals surface area contributed by atoms with Gasteiger partial charge < -0.3 is 10.0 Å². The highest BCUT2D eigenvalue weighted by Crippen LogP contribution is 2.27. The van der Waals surface area contributed by atoms with E-state index in [1.165, 1.54) is 11.1 Å². The Morgan fingerprint density at radius 3 is 2.40 bits per heavy atom. The Kier molecular flexibility index (Phi) is 2.67. The average molecular weight is 203 g/mol. The van der Waals surface area contributed by atoms with Crippen LogP contribution in [-0.2, 0) is 0 Å². The van der Waals surface area contributed by atoms with Crippen molar-refractivity contribution < 1.29 is 5.11 Å². The zero-order valence-electron chi connectivity index (χ0n) is 9.27. The lowest BCUT2D eigenvalue weighted by molar-refractivity contribution is 0.336. The Labute approximate surface area is 90.8 Å². The van der Waals surface area contributed by atoms with Crippen LogP contribution in [-0.4, -0.2) is 22.6 Å². The van der Waals surface area contributed by atoms with Crippen molar-refractivity contribution in [1.82, 2.24) is 4.90 Å². The van der Waals surface area contributed by atoms with Gasteiger partial charge >= 0.3 is 0 Å². The third kappa shape index (κ3) is 2.14. The van der Waals surface area contributed by atoms with Gasteiger partial charge in [-0.1, -0.05) is 12.1 Å². The largest absolute Gasteiger partial charge is 0.508 e. The van der Waals surface area contributed by atoms with Gasteiger partial charge in [-0.15, -0.1) is 0 Å². The fraction of sp³-hybridized carbons (Fsp3) is 0.385. The van der Waals surface area contributed by atoms with Crippen LogP contribution in [0.5, 0.6) is 5.75 Å². The summed E-state index contributed by atoms with van der Waals surface area (Å²) in [4.78, 5) is 2.35. The van der Waals surface area contributed by atoms with E-state index in [0.29, 0.717) is 11.8 Å². The third-order valence-electron chi connectivity index (χ3n) is 2.86. The van der Waals surface area contributed by atoms with E-state index < -0.39 is 0 Å². The molecule has 0 radical (unpaired) electrons. The van der Waals surface area contributed by atoms with Crippen molar-refractivity contribution in [2.45, 2.75) is 26.3 Å². The zero-order chi connectivity index (χ0) is 10.8. The molecule has 0 amide bonds. The van der Waals surface area contributed by atoms with E-state index in [4.69, 9.17) is 0 Å². The smallest absolute Gasteiger partial charge is 0.115 e. The molecule has 2 rings (SSSR count). The molecule has 1 aliphatic rings. The van der Waals surface area contributed by atoms with Gasteiger partial charge in [0.15, 0.2) is 0 Å². The van der Waals surface area contributed by atoms with Crippen LogP contribution in [0.4, 0.5) is 0 Å². The van der Waals surface area contributed by atoms with E-state index in [9.17, 15) is 5.11 Å². The summed E-state index contributed by atoms with van der Waals surface area (Å²) in [5.41, 5.74) is 2.58. The normalized spacial score (nSPS) is 15.9. The van der Waals surface area contributed by atoms with Crippen LogP contribution in [0.25, 0.3) is 5.57 Å². The van der Waals surface area contributed by atoms with Crippen molar-refractivity contribution in [3.8, 4) is 5.75 Å². The van der Waals surface area contributed by atoms with Crippen LogP contribution in [0.3, 0.4) is 0 Å². The van der Waals surface area contributed by atoms with E-state index in [0.717, 1.165) is 13.0 Å². The van der Waals surface area contributed by atoms with Gasteiger partial charge in [0.25, 0.3) is 0 Å². The fourth-order valence-electron chi connectivity index (χ4n) is 1.88. The Morgan fingerprint density at radius 2 is 1.87 bits per heavy atom. The number of benzene rings is 1. The lowest BCUT2D eigenvalue weighted by atomic mass is 10.1. The number of phenols is 1. The fourth-order valence-corrected chi connectivity index (χ4v) is 1.88. The number of phenolic OH excluding ortho intramolecular Hbond substituents is 1. The Bertz CT molecular complexity index is 365. The SMILES string of the molecule is CC(C)N1C=C(c2ccc(O)cc2)CC1. The van der Waals surface area contributed by atoms with Crippen molar-refractivity contribution in [2.24, 2.45) is 0 Å². The summed E-state index contributed by atoms with van der Waals surface area (Å²) in [6.45, 7) is 5.51. The quantitative estimate of drug-likeness (QED) is 0.799. The molecule has 0 aliphatic carbocycles. The molecule has 0 unspecified atom stereocenters. The molecule has 0 atom stereocenters. The number of rotatable bonds is 2. The van der Waals surface area contributed by atoms with Crippen molar-refractivity contribution in [1.29, 1.82) is 0 Å². The van der Waals surface area contributed by atoms with Crippen molar-refractivity contribution in [3.63, 3.8) is 0 Å². The van der Waals surface area contributed by atoms with E-state index in [2.05, 4.69) is 24.9 Å². The number of aromatic hydroxyl groups is 1. The van der Waals surface area contributed by atoms with Crippen LogP contribution in [0.1, 0.15) is 25.8 Å². The highest BCUT2D eigenvalue weighted by molar-refractivity contribution is 5.67. The minimum absolute atomic E-state index is 0.332. The lowest BCUT2D eigenvalue weighted by Gasteiger charge is -2.19. The van der Waals surface area contributed by atoms with E-state index in [1.54, 1.807) is 12.1 Å². The van der Waals surface area contributed by atoms with E-state index in [1.807, 2.05) is 12.1 Å². The summed E-state index contributed by atoms with van der Waals surface area (Å²) in [5, 5.41) is 9.21. The van der Waals surface area contributed by atoms with Crippen LogP contribution in [0, 0.1) is 0 Å². The van der Waals surface area contributed by atoms with Gasteiger partial charge in [-0.05, 0) is 43.5 Å². The molecule has 2 nitrogen and oxygen atoms in total. The summed E-state index contributed by atoms with van der Waals surface area (Å²) in [6.07, 6.45) is 3.33. The molecule has 0 fully saturated rings. The van der Waals surface area contributed by atoms with Crippen molar-refractivity contribution in [3.05, 3.63) is 36.0 Å². The van der Waals surface area contributed by atoms with Gasteiger partial charge in [-0.2, -0.15) is 0 Å². The first-order valence-corrected chi connectivity index (χ1v) is 5.42. The predicted octanol–water partition coefficient (Wildman–Crippen LogP) is 2.85. The number of nitrogens with zero attached hydrogens (tertiary/aromatic N) is 1. The van der Waals surface area contributed by atoms with Crippen molar-refractivity contribution >= 4 is 5.57 Å². The maximum atomic E-state index is 9.21. The van der Waals surface area contributed by atoms with Gasteiger partial charge in [0.1, 0.15) is 5.75 Å². The first kappa shape index (κ1) is 10.1. The van der Waals surface area contributed by atoms with Crippen molar-refractivity contribution in [2.75, 3.05) is 6.54 Å². The Morgan fingerprint density at radius 1 is 1.20 bits per heavy atom. The van der Waals surface area contributed by atoms with Gasteiger partial charge in [0, 0.05) is 18.8 Å². The Balaban J connectivity index is 2.19. The van der Waals surface area contributed by atoms with Crippen LogP contribution >= 0.6 is 0 Å². The molecule has 2 heteroatoms. The first-order valence-electron chi connectivity index (χ1n) is 5.42. The molecule has 1 aromatic carbocycles. The van der Waals surface area contributed by atoms with Gasteiger partial charge in [0.2, 0.25) is 0 Å². The van der Waals surface area contributed by atoms with Gasteiger partial charge in [-0.3, -0.25) is 0 Å². The Hall–Kier alpha value is -1.44. The highest BCUT2D eigenvalue weighted by atomic mass is 16.3.